The summed E-state index contributed by atoms with van der Waals surface area (Å²) in [5, 5.41) is 3.76. The van der Waals surface area contributed by atoms with Crippen LogP contribution in [0.5, 0.6) is 0 Å². The lowest BCUT2D eigenvalue weighted by Crippen LogP contribution is -2.49. The van der Waals surface area contributed by atoms with Gasteiger partial charge in [-0.1, -0.05) is 30.1 Å². The van der Waals surface area contributed by atoms with E-state index in [1.807, 2.05) is 0 Å². The number of anilines is 1. The highest BCUT2D eigenvalue weighted by Gasteiger charge is 2.26. The Kier molecular flexibility index (Phi) is 5.88. The van der Waals surface area contributed by atoms with Gasteiger partial charge in [0.15, 0.2) is 0 Å². The average Bonchev–Trinajstić information content (AvgIpc) is 2.44. The first-order valence-corrected chi connectivity index (χ1v) is 7.94. The van der Waals surface area contributed by atoms with Crippen LogP contribution in [0, 0.1) is 5.92 Å². The monoisotopic (exact) mass is 329 g/mol. The first-order valence-electron chi connectivity index (χ1n) is 7.18. The van der Waals surface area contributed by atoms with Gasteiger partial charge in [0.1, 0.15) is 0 Å². The molecule has 0 spiro atoms. The number of likely N-dealkylation sites (tertiary alicyclic amines) is 1. The van der Waals surface area contributed by atoms with Gasteiger partial charge >= 0.3 is 0 Å². The molecule has 0 aliphatic carbocycles. The molecule has 116 valence electrons. The number of piperidine rings is 1. The van der Waals surface area contributed by atoms with Crippen molar-refractivity contribution in [2.75, 3.05) is 25.0 Å². The number of hydrogen-bond acceptors (Lipinski definition) is 3. The summed E-state index contributed by atoms with van der Waals surface area (Å²) in [5.74, 6) is 0.620. The predicted octanol–water partition coefficient (Wildman–Crippen LogP) is 2.99. The van der Waals surface area contributed by atoms with E-state index in [0.29, 0.717) is 34.7 Å². The van der Waals surface area contributed by atoms with Gasteiger partial charge in [-0.25, -0.2) is 0 Å². The number of halogens is 2. The number of rotatable bonds is 4. The molecule has 2 rings (SSSR count). The molecule has 1 aliphatic rings. The maximum Gasteiger partial charge on any atom is 0.238 e. The van der Waals surface area contributed by atoms with Crippen LogP contribution >= 0.6 is 23.2 Å². The number of carbonyl (C=O) groups is 1. The second-order valence-electron chi connectivity index (χ2n) is 5.67. The summed E-state index contributed by atoms with van der Waals surface area (Å²) in [5.41, 5.74) is 6.47. The van der Waals surface area contributed by atoms with E-state index in [0.717, 1.165) is 19.4 Å². The zero-order valence-electron chi connectivity index (χ0n) is 12.1. The molecule has 1 aromatic rings. The predicted molar refractivity (Wildman–Crippen MR) is 87.9 cm³/mol. The van der Waals surface area contributed by atoms with Crippen LogP contribution in [-0.4, -0.2) is 36.5 Å². The smallest absolute Gasteiger partial charge is 0.238 e. The van der Waals surface area contributed by atoms with Gasteiger partial charge in [0, 0.05) is 18.3 Å². The van der Waals surface area contributed by atoms with Crippen LogP contribution in [0.3, 0.4) is 0 Å². The third kappa shape index (κ3) is 4.58. The van der Waals surface area contributed by atoms with E-state index in [2.05, 4.69) is 17.1 Å². The molecule has 21 heavy (non-hydrogen) atoms. The van der Waals surface area contributed by atoms with Crippen molar-refractivity contribution in [3.63, 3.8) is 0 Å². The molecule has 0 saturated carbocycles. The van der Waals surface area contributed by atoms with Crippen molar-refractivity contribution < 1.29 is 4.79 Å². The summed E-state index contributed by atoms with van der Waals surface area (Å²) in [4.78, 5) is 14.3. The summed E-state index contributed by atoms with van der Waals surface area (Å²) in [6, 6.07) is 5.35. The molecule has 1 saturated heterocycles. The molecule has 0 bridgehead atoms. The molecule has 3 N–H and O–H groups in total. The maximum atomic E-state index is 12.2. The zero-order chi connectivity index (χ0) is 15.4. The Morgan fingerprint density at radius 3 is 2.86 bits per heavy atom. The number of nitrogens with zero attached hydrogens (tertiary/aromatic N) is 1. The lowest BCUT2D eigenvalue weighted by molar-refractivity contribution is -0.118. The minimum atomic E-state index is -0.0543. The van der Waals surface area contributed by atoms with Crippen LogP contribution in [0.4, 0.5) is 5.69 Å². The lowest BCUT2D eigenvalue weighted by atomic mass is 9.92. The van der Waals surface area contributed by atoms with E-state index in [1.165, 1.54) is 0 Å². The first-order chi connectivity index (χ1) is 9.99. The van der Waals surface area contributed by atoms with Crippen LogP contribution < -0.4 is 11.1 Å². The topological polar surface area (TPSA) is 58.4 Å². The normalized spacial score (nSPS) is 23.0. The molecular formula is C15H21Cl2N3O. The standard InChI is InChI=1S/C15H21Cl2N3O/c1-10-4-5-20(12(6-10)8-18)9-15(21)19-11-2-3-13(16)14(17)7-11/h2-3,7,10,12H,4-6,8-9,18H2,1H3,(H,19,21). The van der Waals surface area contributed by atoms with Gasteiger partial charge in [-0.2, -0.15) is 0 Å². The Labute approximate surface area is 135 Å². The Morgan fingerprint density at radius 1 is 1.43 bits per heavy atom. The fourth-order valence-electron chi connectivity index (χ4n) is 2.71. The number of carbonyl (C=O) groups excluding carboxylic acids is 1. The van der Waals surface area contributed by atoms with Crippen LogP contribution in [0.1, 0.15) is 19.8 Å². The number of nitrogens with one attached hydrogen (secondary N) is 1. The highest BCUT2D eigenvalue weighted by Crippen LogP contribution is 2.25. The van der Waals surface area contributed by atoms with Gasteiger partial charge in [-0.15, -0.1) is 0 Å². The van der Waals surface area contributed by atoms with Crippen molar-refractivity contribution in [1.29, 1.82) is 0 Å². The summed E-state index contributed by atoms with van der Waals surface area (Å²) in [6.45, 7) is 4.09. The summed E-state index contributed by atoms with van der Waals surface area (Å²) in [6.07, 6.45) is 2.16. The van der Waals surface area contributed by atoms with E-state index in [-0.39, 0.29) is 11.9 Å². The Balaban J connectivity index is 1.93. The summed E-state index contributed by atoms with van der Waals surface area (Å²) in [7, 11) is 0. The van der Waals surface area contributed by atoms with E-state index >= 15 is 0 Å². The number of hydrogen-bond donors (Lipinski definition) is 2. The summed E-state index contributed by atoms with van der Waals surface area (Å²) < 4.78 is 0. The SMILES string of the molecule is CC1CCN(CC(=O)Nc2ccc(Cl)c(Cl)c2)C(CN)C1. The van der Waals surface area contributed by atoms with E-state index < -0.39 is 0 Å². The maximum absolute atomic E-state index is 12.2. The molecule has 1 aromatic carbocycles. The van der Waals surface area contributed by atoms with Crippen molar-refractivity contribution in [3.05, 3.63) is 28.2 Å². The van der Waals surface area contributed by atoms with Gasteiger partial charge in [-0.05, 0) is 43.5 Å². The van der Waals surface area contributed by atoms with Gasteiger partial charge < -0.3 is 11.1 Å². The van der Waals surface area contributed by atoms with E-state index in [9.17, 15) is 4.79 Å². The molecule has 4 nitrogen and oxygen atoms in total. The van der Waals surface area contributed by atoms with Crippen LogP contribution in [0.25, 0.3) is 0 Å². The van der Waals surface area contributed by atoms with Crippen molar-refractivity contribution in [2.24, 2.45) is 11.7 Å². The highest BCUT2D eigenvalue weighted by molar-refractivity contribution is 6.42. The molecule has 2 unspecified atom stereocenters. The second kappa shape index (κ2) is 7.45. The number of amides is 1. The van der Waals surface area contributed by atoms with Crippen molar-refractivity contribution in [3.8, 4) is 0 Å². The van der Waals surface area contributed by atoms with E-state index in [1.54, 1.807) is 18.2 Å². The second-order valence-corrected chi connectivity index (χ2v) is 6.48. The summed E-state index contributed by atoms with van der Waals surface area (Å²) >= 11 is 11.8. The molecule has 1 heterocycles. The Morgan fingerprint density at radius 2 is 2.19 bits per heavy atom. The third-order valence-corrected chi connectivity index (χ3v) is 4.66. The Hall–Kier alpha value is -0.810. The third-order valence-electron chi connectivity index (χ3n) is 3.92. The number of benzene rings is 1. The van der Waals surface area contributed by atoms with Crippen molar-refractivity contribution in [2.45, 2.75) is 25.8 Å². The van der Waals surface area contributed by atoms with Gasteiger partial charge in [0.2, 0.25) is 5.91 Å². The van der Waals surface area contributed by atoms with Crippen LogP contribution in [0.15, 0.2) is 18.2 Å². The van der Waals surface area contributed by atoms with Crippen molar-refractivity contribution >= 4 is 34.8 Å². The van der Waals surface area contributed by atoms with Gasteiger partial charge in [0.25, 0.3) is 0 Å². The van der Waals surface area contributed by atoms with Crippen LogP contribution in [0.2, 0.25) is 10.0 Å². The molecule has 1 amide bonds. The molecule has 0 aromatic heterocycles. The molecular weight excluding hydrogens is 309 g/mol. The van der Waals surface area contributed by atoms with Crippen LogP contribution in [-0.2, 0) is 4.79 Å². The van der Waals surface area contributed by atoms with Gasteiger partial charge in [0.05, 0.1) is 16.6 Å². The highest BCUT2D eigenvalue weighted by atomic mass is 35.5. The molecule has 0 radical (unpaired) electrons. The molecule has 2 atom stereocenters. The Bertz CT molecular complexity index is 510. The molecule has 1 aliphatic heterocycles. The quantitative estimate of drug-likeness (QED) is 0.892. The van der Waals surface area contributed by atoms with Gasteiger partial charge in [-0.3, -0.25) is 9.69 Å². The zero-order valence-corrected chi connectivity index (χ0v) is 13.6. The first kappa shape index (κ1) is 16.6. The average molecular weight is 330 g/mol. The minimum Gasteiger partial charge on any atom is -0.329 e. The number of nitrogens with two attached hydrogens (primary N) is 1. The largest absolute Gasteiger partial charge is 0.329 e. The van der Waals surface area contributed by atoms with Crippen molar-refractivity contribution in [1.82, 2.24) is 4.90 Å². The molecule has 1 fully saturated rings. The minimum absolute atomic E-state index is 0.0543. The molecule has 6 heteroatoms. The van der Waals surface area contributed by atoms with E-state index in [4.69, 9.17) is 28.9 Å². The lowest BCUT2D eigenvalue weighted by Gasteiger charge is -2.37. The fourth-order valence-corrected chi connectivity index (χ4v) is 3.01. The fraction of sp³-hybridized carbons (Fsp3) is 0.533.